The molecule has 0 fully saturated rings. The average Bonchev–Trinajstić information content (AvgIpc) is 1.08. The number of rotatable bonds is 68. The van der Waals surface area contributed by atoms with Crippen LogP contribution in [0.3, 0.4) is 0 Å². The van der Waals surface area contributed by atoms with Crippen LogP contribution in [0.25, 0.3) is 0 Å². The lowest BCUT2D eigenvalue weighted by atomic mass is 10.0. The zero-order valence-corrected chi connectivity index (χ0v) is 63.6. The van der Waals surface area contributed by atoms with Gasteiger partial charge in [0.25, 0.3) is 0 Å². The first-order chi connectivity index (χ1) is 48.0. The number of nitrogens with zero attached hydrogens (tertiary/aromatic N) is 1. The molecule has 0 rings (SSSR count). The van der Waals surface area contributed by atoms with Gasteiger partial charge in [-0.25, -0.2) is 4.57 Å². The van der Waals surface area contributed by atoms with E-state index < -0.39 is 26.5 Å². The fourth-order valence-electron chi connectivity index (χ4n) is 9.71. The van der Waals surface area contributed by atoms with Crippen LogP contribution in [-0.2, 0) is 32.7 Å². The largest absolute Gasteiger partial charge is 0.472 e. The van der Waals surface area contributed by atoms with Gasteiger partial charge >= 0.3 is 19.8 Å². The molecule has 0 amide bonds. The van der Waals surface area contributed by atoms with E-state index in [4.69, 9.17) is 18.5 Å². The SMILES string of the molecule is CC/C=C\C/C=C\C/C=C\C/C=C\C/C=C\C/C=C\C/C=C\C/C=C\C/C=C\C/C=C\C/C=C\C/C=C\CCCCCCC(=O)OC(COC(=O)CCCCCCCCCCCCCCCC/C=C\C/C=C\C/C=C\C/C=C\C/C=C\C/C=C\CC)COP(=O)(O)OCC[N+](C)(C)C. The van der Waals surface area contributed by atoms with E-state index >= 15 is 0 Å². The maximum Gasteiger partial charge on any atom is 0.472 e. The Balaban J connectivity index is 4.15. The predicted molar refractivity (Wildman–Crippen MR) is 426 cm³/mol. The van der Waals surface area contributed by atoms with Crippen molar-refractivity contribution in [3.8, 4) is 0 Å². The summed E-state index contributed by atoms with van der Waals surface area (Å²) in [5.74, 6) is -0.839. The van der Waals surface area contributed by atoms with Crippen molar-refractivity contribution in [3.63, 3.8) is 0 Å². The first-order valence-corrected chi connectivity index (χ1v) is 40.0. The fourth-order valence-corrected chi connectivity index (χ4v) is 10.4. The molecule has 10 heteroatoms. The molecule has 0 saturated heterocycles. The molecule has 0 aromatic heterocycles. The number of carbonyl (C=O) groups is 2. The van der Waals surface area contributed by atoms with Crippen LogP contribution in [-0.4, -0.2) is 74.9 Å². The van der Waals surface area contributed by atoms with Gasteiger partial charge in [-0.3, -0.25) is 18.6 Å². The summed E-state index contributed by atoms with van der Waals surface area (Å²) in [6.07, 6.45) is 121. The van der Waals surface area contributed by atoms with Crippen LogP contribution in [0, 0.1) is 0 Å². The third kappa shape index (κ3) is 79.3. The number of unbranched alkanes of at least 4 members (excludes halogenated alkanes) is 18. The molecule has 9 nitrogen and oxygen atoms in total. The Hall–Kier alpha value is -5.67. The molecule has 0 aliphatic rings. The van der Waals surface area contributed by atoms with Gasteiger partial charge < -0.3 is 18.9 Å². The smallest absolute Gasteiger partial charge is 0.462 e. The van der Waals surface area contributed by atoms with Gasteiger partial charge in [-0.05, 0) is 154 Å². The lowest BCUT2D eigenvalue weighted by molar-refractivity contribution is -0.870. The van der Waals surface area contributed by atoms with E-state index in [2.05, 4.69) is 233 Å². The first-order valence-electron chi connectivity index (χ1n) is 38.5. The zero-order valence-electron chi connectivity index (χ0n) is 62.7. The molecule has 0 spiro atoms. The van der Waals surface area contributed by atoms with Crippen molar-refractivity contribution in [2.24, 2.45) is 0 Å². The van der Waals surface area contributed by atoms with E-state index in [9.17, 15) is 19.0 Å². The zero-order chi connectivity index (χ0) is 71.1. The number of quaternary nitrogens is 1. The Morgan fingerprint density at radius 1 is 0.316 bits per heavy atom. The van der Waals surface area contributed by atoms with Crippen molar-refractivity contribution in [1.29, 1.82) is 0 Å². The third-order valence-electron chi connectivity index (χ3n) is 15.5. The molecule has 98 heavy (non-hydrogen) atoms. The summed E-state index contributed by atoms with van der Waals surface area (Å²) in [6.45, 7) is 4.16. The number of likely N-dealkylation sites (N-methyl/N-ethyl adjacent to an activating group) is 1. The van der Waals surface area contributed by atoms with E-state index in [0.29, 0.717) is 17.4 Å². The van der Waals surface area contributed by atoms with Crippen LogP contribution < -0.4 is 0 Å². The van der Waals surface area contributed by atoms with Crippen molar-refractivity contribution in [1.82, 2.24) is 0 Å². The normalized spacial score (nSPS) is 14.3. The molecule has 0 heterocycles. The molecule has 0 saturated carbocycles. The van der Waals surface area contributed by atoms with Gasteiger partial charge in [0.2, 0.25) is 0 Å². The highest BCUT2D eigenvalue weighted by atomic mass is 31.2. The highest BCUT2D eigenvalue weighted by Crippen LogP contribution is 2.43. The topological polar surface area (TPSA) is 108 Å². The fraction of sp³-hybridized carbons (Fsp3) is 0.568. The van der Waals surface area contributed by atoms with Crippen LogP contribution in [0.1, 0.15) is 271 Å². The minimum absolute atomic E-state index is 0.0153. The maximum absolute atomic E-state index is 12.9. The number of ether oxygens (including phenoxy) is 2. The lowest BCUT2D eigenvalue weighted by Gasteiger charge is -2.24. The van der Waals surface area contributed by atoms with Crippen molar-refractivity contribution in [2.75, 3.05) is 47.5 Å². The quantitative estimate of drug-likeness (QED) is 0.0211. The summed E-state index contributed by atoms with van der Waals surface area (Å²) >= 11 is 0. The van der Waals surface area contributed by atoms with Crippen LogP contribution in [0.4, 0.5) is 0 Å². The van der Waals surface area contributed by atoms with Crippen molar-refractivity contribution >= 4 is 19.8 Å². The maximum atomic E-state index is 12.9. The molecule has 0 aromatic carbocycles. The number of carbonyl (C=O) groups excluding carboxylic acids is 2. The van der Waals surface area contributed by atoms with E-state index in [1.807, 2.05) is 21.1 Å². The second-order valence-electron chi connectivity index (χ2n) is 25.9. The van der Waals surface area contributed by atoms with E-state index in [1.165, 1.54) is 77.0 Å². The Morgan fingerprint density at radius 2 is 0.551 bits per heavy atom. The summed E-state index contributed by atoms with van der Waals surface area (Å²) in [5.41, 5.74) is 0. The number of hydrogen-bond donors (Lipinski definition) is 1. The van der Waals surface area contributed by atoms with Crippen LogP contribution >= 0.6 is 7.82 Å². The van der Waals surface area contributed by atoms with E-state index in [-0.39, 0.29) is 32.0 Å². The van der Waals surface area contributed by atoms with Crippen molar-refractivity contribution in [2.45, 2.75) is 277 Å². The standard InChI is InChI=1S/C88H140NO8P/c1-6-8-10-12-14-16-18-20-22-24-26-28-30-32-34-36-38-40-41-42-43-44-45-46-47-49-51-53-55-57-59-61-63-65-67-69-71-73-75-77-79-81-88(91)97-86(85-96-98(92,93)95-83-82-89(3,4)5)84-94-87(90)80-78-76-74-72-70-68-66-64-62-60-58-56-54-52-50-48-39-37-35-33-31-29-27-25-23-21-19-17-15-13-11-9-7-2/h8-11,14-17,20-23,26-29,32-35,38-40,42-43,45-46,48-49,51,55,57,61,63,67,69,86H,6-7,12-13,18-19,24-25,30-31,36-37,41,44,47,50,52-54,56,58-60,62,64-66,68,70-85H2,1-5H3/p+1/b10-8-,11-9-,16-14-,17-15-,22-20-,23-21-,28-26-,29-27-,34-32-,35-33-,40-38-,43-42-,46-45-,48-39-,51-49-,57-55-,63-61-,69-67-. The van der Waals surface area contributed by atoms with Gasteiger partial charge in [0.1, 0.15) is 19.8 Å². The number of esters is 2. The van der Waals surface area contributed by atoms with E-state index in [1.54, 1.807) is 0 Å². The van der Waals surface area contributed by atoms with Crippen LogP contribution in [0.5, 0.6) is 0 Å². The number of allylic oxidation sites excluding steroid dienone is 36. The van der Waals surface area contributed by atoms with Gasteiger partial charge in [0.05, 0.1) is 27.7 Å². The van der Waals surface area contributed by atoms with Gasteiger partial charge in [0, 0.05) is 12.8 Å². The summed E-state index contributed by atoms with van der Waals surface area (Å²) in [4.78, 5) is 36.0. The Bertz CT molecular complexity index is 2460. The Kier molecular flexibility index (Phi) is 71.2. The van der Waals surface area contributed by atoms with Gasteiger partial charge in [-0.15, -0.1) is 0 Å². The molecular formula is C88H141NO8P+. The molecular weight excluding hydrogens is 1230 g/mol. The van der Waals surface area contributed by atoms with Gasteiger partial charge in [-0.1, -0.05) is 322 Å². The molecule has 550 valence electrons. The average molecular weight is 1370 g/mol. The second kappa shape index (κ2) is 75.5. The molecule has 2 atom stereocenters. The highest BCUT2D eigenvalue weighted by molar-refractivity contribution is 7.47. The molecule has 0 radical (unpaired) electrons. The summed E-state index contributed by atoms with van der Waals surface area (Å²) in [5, 5.41) is 0. The summed E-state index contributed by atoms with van der Waals surface area (Å²) < 4.78 is 34.7. The van der Waals surface area contributed by atoms with E-state index in [0.717, 1.165) is 161 Å². The number of hydrogen-bond acceptors (Lipinski definition) is 7. The molecule has 0 bridgehead atoms. The number of phosphoric ester groups is 1. The summed E-state index contributed by atoms with van der Waals surface area (Å²) in [7, 11) is 1.43. The van der Waals surface area contributed by atoms with Crippen molar-refractivity contribution < 1.29 is 42.1 Å². The first kappa shape index (κ1) is 92.3. The summed E-state index contributed by atoms with van der Waals surface area (Å²) in [6, 6.07) is 0. The van der Waals surface area contributed by atoms with Crippen molar-refractivity contribution in [3.05, 3.63) is 219 Å². The van der Waals surface area contributed by atoms with Gasteiger partial charge in [0.15, 0.2) is 6.10 Å². The molecule has 0 aliphatic heterocycles. The monoisotopic (exact) mass is 1370 g/mol. The van der Waals surface area contributed by atoms with Crippen LogP contribution in [0.2, 0.25) is 0 Å². The van der Waals surface area contributed by atoms with Gasteiger partial charge in [-0.2, -0.15) is 0 Å². The Morgan fingerprint density at radius 3 is 0.816 bits per heavy atom. The Labute approximate surface area is 601 Å². The second-order valence-corrected chi connectivity index (χ2v) is 27.4. The molecule has 0 aliphatic carbocycles. The minimum atomic E-state index is -4.42. The highest BCUT2D eigenvalue weighted by Gasteiger charge is 2.27. The lowest BCUT2D eigenvalue weighted by Crippen LogP contribution is -2.37. The van der Waals surface area contributed by atoms with Crippen LogP contribution in [0.15, 0.2) is 219 Å². The predicted octanol–water partition coefficient (Wildman–Crippen LogP) is 25.9. The molecule has 0 aromatic rings. The third-order valence-corrected chi connectivity index (χ3v) is 16.5. The minimum Gasteiger partial charge on any atom is -0.462 e. The number of phosphoric acid groups is 1. The molecule has 1 N–H and O–H groups in total. The molecule has 2 unspecified atom stereocenters.